The molecule has 0 radical (unpaired) electrons. The first-order chi connectivity index (χ1) is 44.6. The summed E-state index contributed by atoms with van der Waals surface area (Å²) in [5.74, 6) is -7.71. The molecule has 3 heterocycles. The van der Waals surface area contributed by atoms with Crippen molar-refractivity contribution < 1.29 is 88.1 Å². The monoisotopic (exact) mass is 1340 g/mol. The van der Waals surface area contributed by atoms with Gasteiger partial charge in [0.05, 0.1) is 27.4 Å². The van der Waals surface area contributed by atoms with Gasteiger partial charge in [-0.15, -0.1) is 11.3 Å². The summed E-state index contributed by atoms with van der Waals surface area (Å²) in [7, 11) is 1.84. The van der Waals surface area contributed by atoms with E-state index in [1.54, 1.807) is 31.2 Å². The Labute approximate surface area is 551 Å². The number of hydrogen-bond acceptors (Lipinski definition) is 19. The molecule has 1 aliphatic heterocycles. The summed E-state index contributed by atoms with van der Waals surface area (Å²) in [6.07, 6.45) is 11.8. The predicted molar refractivity (Wildman–Crippen MR) is 349 cm³/mol. The number of ether oxygens (including phenoxy) is 2. The number of nitrogens with zero attached hydrogens (tertiary/aromatic N) is 2. The molecule has 1 fully saturated rings. The fourth-order valence-corrected chi connectivity index (χ4v) is 11.2. The lowest BCUT2D eigenvalue weighted by atomic mass is 9.96. The van der Waals surface area contributed by atoms with Crippen LogP contribution >= 0.6 is 11.3 Å². The molecule has 0 aliphatic carbocycles. The molecular formula is C64H100N10O19S. The summed E-state index contributed by atoms with van der Waals surface area (Å²) in [5.41, 5.74) is 6.74. The fourth-order valence-electron chi connectivity index (χ4n) is 10.3. The van der Waals surface area contributed by atoms with Crippen LogP contribution in [0.4, 0.5) is 5.00 Å². The van der Waals surface area contributed by atoms with Crippen LogP contribution in [0.5, 0.6) is 0 Å². The molecule has 4 rings (SSSR count). The third-order valence-electron chi connectivity index (χ3n) is 15.7. The van der Waals surface area contributed by atoms with E-state index in [4.69, 9.17) is 20.3 Å². The Kier molecular flexibility index (Phi) is 37.2. The van der Waals surface area contributed by atoms with Gasteiger partial charge in [0.25, 0.3) is 11.5 Å². The van der Waals surface area contributed by atoms with Crippen LogP contribution in [0.25, 0.3) is 10.9 Å². The number of amides is 7. The van der Waals surface area contributed by atoms with Crippen LogP contribution < -0.4 is 48.1 Å². The number of thiophene rings is 1. The van der Waals surface area contributed by atoms with E-state index in [0.29, 0.717) is 54.0 Å². The highest BCUT2D eigenvalue weighted by Crippen LogP contribution is 2.28. The lowest BCUT2D eigenvalue weighted by Gasteiger charge is -2.43. The number of aryl methyl sites for hydroxylation is 1. The fraction of sp³-hybridized carbons (Fsp3) is 0.656. The highest BCUT2D eigenvalue weighted by Gasteiger charge is 2.47. The number of nitrogens with one attached hydrogen (secondary N) is 7. The van der Waals surface area contributed by atoms with Crippen molar-refractivity contribution in [3.63, 3.8) is 0 Å². The van der Waals surface area contributed by atoms with Crippen molar-refractivity contribution in [1.82, 2.24) is 41.9 Å². The number of aliphatic hydroxyl groups is 3. The average Bonchev–Trinajstić information content (AvgIpc) is 0.912. The Morgan fingerprint density at radius 2 is 1.32 bits per heavy atom. The number of benzene rings is 1. The molecule has 526 valence electrons. The standard InChI is InChI=1S/C43H78N6O13.C21H22N4O6S/c1-5-6-7-8-9-10-11-12-13-14-15-16-17-18-19-23-34(52)45-26-21-20-22-32(42(58)59)48-35(53)25-24-31(39(44)55)49-40(56)28(2)46-41(57)29(3)61-38-36(47-30(4)51)43(60)62-33(27-50)37(38)54;1-11-22-14-4-3-12(9-13(14)19(28)23-11)10-25(2)17-7-6-16(32-17)20(29)24-15(21(30)31)5-8-18(26)27/h28-29,31-33,36-38,43,50,54,60H,5-27H2,1-4H3,(H2,44,55)(H,45,52)(H,46,57)(H,47,51)(H,48,53)(H,49,56)(H,58,59);3-4,6-7,9,15H,5,8,10H2,1-2H3,(H,24,29)(H,26,27)(H,30,31)(H,22,23,28)/t28-,29+,31+,32-,33+,36+,37+,38+,43?;15-/m00/s1. The number of aromatic amines is 1. The van der Waals surface area contributed by atoms with Crippen LogP contribution in [0.3, 0.4) is 0 Å². The van der Waals surface area contributed by atoms with E-state index in [9.17, 15) is 78.3 Å². The molecule has 1 saturated heterocycles. The topological polar surface area (TPSA) is 458 Å². The number of aromatic nitrogens is 2. The number of aliphatic carboxylic acids is 3. The van der Waals surface area contributed by atoms with Gasteiger partial charge in [-0.25, -0.2) is 14.6 Å². The van der Waals surface area contributed by atoms with Crippen LogP contribution in [0.2, 0.25) is 0 Å². The zero-order valence-electron chi connectivity index (χ0n) is 54.9. The molecule has 94 heavy (non-hydrogen) atoms. The minimum Gasteiger partial charge on any atom is -0.481 e. The van der Waals surface area contributed by atoms with Gasteiger partial charge in [-0.05, 0) is 89.1 Å². The minimum absolute atomic E-state index is 0.0393. The third kappa shape index (κ3) is 30.2. The van der Waals surface area contributed by atoms with Crippen molar-refractivity contribution in [2.75, 3.05) is 25.1 Å². The van der Waals surface area contributed by atoms with Crippen LogP contribution in [0.1, 0.15) is 196 Å². The number of aliphatic hydroxyl groups excluding tert-OH is 3. The Hall–Kier alpha value is -7.64. The largest absolute Gasteiger partial charge is 0.481 e. The van der Waals surface area contributed by atoms with E-state index in [-0.39, 0.29) is 43.6 Å². The Morgan fingerprint density at radius 3 is 1.89 bits per heavy atom. The molecule has 1 unspecified atom stereocenters. The molecule has 0 bridgehead atoms. The van der Waals surface area contributed by atoms with E-state index < -0.39 is 121 Å². The molecule has 0 saturated carbocycles. The van der Waals surface area contributed by atoms with Gasteiger partial charge in [0, 0.05) is 46.3 Å². The summed E-state index contributed by atoms with van der Waals surface area (Å²) in [5, 5.41) is 74.0. The van der Waals surface area contributed by atoms with E-state index in [1.165, 1.54) is 102 Å². The Bertz CT molecular complexity index is 2980. The molecule has 15 N–H and O–H groups in total. The van der Waals surface area contributed by atoms with Crippen LogP contribution in [-0.2, 0) is 59.2 Å². The smallest absolute Gasteiger partial charge is 0.326 e. The summed E-state index contributed by atoms with van der Waals surface area (Å²) < 4.78 is 10.8. The highest BCUT2D eigenvalue weighted by molar-refractivity contribution is 7.18. The number of H-pyrrole nitrogens is 1. The first-order valence-corrected chi connectivity index (χ1v) is 33.3. The SMILES string of the molecule is CCCCCCCCCCCCCCCCCC(=O)NCCCC[C@H](NC(=O)CC[C@@H](NC(=O)[C@H](C)NC(=O)[C@@H](C)O[C@H]1[C@H](O)[C@@H](CO)OC(O)[C@@H]1NC(C)=O)C(N)=O)C(=O)O.Cc1nc2ccc(CN(C)c3ccc(C(=O)N[C@@H](CCC(=O)O)C(=O)O)s3)cc2c(=O)[nH]1. The maximum absolute atomic E-state index is 12.9. The van der Waals surface area contributed by atoms with Gasteiger partial charge in [0.1, 0.15) is 60.4 Å². The van der Waals surface area contributed by atoms with Crippen LogP contribution in [0, 0.1) is 6.92 Å². The second-order valence-corrected chi connectivity index (χ2v) is 24.8. The molecule has 1 aliphatic rings. The van der Waals surface area contributed by atoms with Gasteiger partial charge in [0.2, 0.25) is 35.4 Å². The molecule has 29 nitrogen and oxygen atoms in total. The number of rotatable bonds is 44. The van der Waals surface area contributed by atoms with Crippen molar-refractivity contribution >= 4 is 86.5 Å². The van der Waals surface area contributed by atoms with Crippen LogP contribution in [-0.4, -0.2) is 181 Å². The number of carbonyl (C=O) groups excluding carboxylic acids is 7. The summed E-state index contributed by atoms with van der Waals surface area (Å²) in [6, 6.07) is 2.35. The molecule has 1 aromatic carbocycles. The molecule has 30 heteroatoms. The van der Waals surface area contributed by atoms with Gasteiger partial charge in [-0.2, -0.15) is 0 Å². The summed E-state index contributed by atoms with van der Waals surface area (Å²) in [4.78, 5) is 142. The van der Waals surface area contributed by atoms with E-state index in [0.717, 1.165) is 36.8 Å². The molecule has 2 aromatic heterocycles. The van der Waals surface area contributed by atoms with Gasteiger partial charge in [0.15, 0.2) is 6.29 Å². The van der Waals surface area contributed by atoms with Crippen molar-refractivity contribution in [2.45, 2.75) is 250 Å². The second-order valence-electron chi connectivity index (χ2n) is 23.7. The molecular weight excluding hydrogens is 1240 g/mol. The number of fused-ring (bicyclic) bond motifs is 1. The zero-order valence-corrected chi connectivity index (χ0v) is 55.7. The number of nitrogens with two attached hydrogens (primary N) is 1. The van der Waals surface area contributed by atoms with Crippen molar-refractivity contribution in [1.29, 1.82) is 0 Å². The summed E-state index contributed by atoms with van der Waals surface area (Å²) in [6.45, 7) is 7.85. The van der Waals surface area contributed by atoms with Gasteiger partial charge in [-0.3, -0.25) is 43.2 Å². The molecule has 0 spiro atoms. The normalized spacial score (nSPS) is 17.6. The third-order valence-corrected chi connectivity index (χ3v) is 16.9. The van der Waals surface area contributed by atoms with Crippen molar-refractivity contribution in [3.05, 3.63) is 57.0 Å². The number of carbonyl (C=O) groups is 10. The van der Waals surface area contributed by atoms with Crippen molar-refractivity contribution in [2.24, 2.45) is 5.73 Å². The maximum atomic E-state index is 12.9. The molecule has 10 atom stereocenters. The predicted octanol–water partition coefficient (Wildman–Crippen LogP) is 3.68. The highest BCUT2D eigenvalue weighted by atomic mass is 32.1. The lowest BCUT2D eigenvalue weighted by molar-refractivity contribution is -0.266. The average molecular weight is 1350 g/mol. The zero-order chi connectivity index (χ0) is 69.9. The van der Waals surface area contributed by atoms with Gasteiger partial charge >= 0.3 is 17.9 Å². The number of primary amides is 1. The minimum atomic E-state index is -1.68. The van der Waals surface area contributed by atoms with E-state index in [1.807, 2.05) is 18.0 Å². The number of hydrogen-bond donors (Lipinski definition) is 14. The molecule has 3 aromatic rings. The first-order valence-electron chi connectivity index (χ1n) is 32.5. The Morgan fingerprint density at radius 1 is 0.723 bits per heavy atom. The Balaban J connectivity index is 0.000000597. The number of carboxylic acid groups (broad SMARTS) is 3. The summed E-state index contributed by atoms with van der Waals surface area (Å²) >= 11 is 1.18. The van der Waals surface area contributed by atoms with Gasteiger partial charge < -0.3 is 87.6 Å². The van der Waals surface area contributed by atoms with E-state index in [2.05, 4.69) is 48.8 Å². The first kappa shape index (κ1) is 80.6. The van der Waals surface area contributed by atoms with Crippen molar-refractivity contribution in [3.8, 4) is 0 Å². The molecule has 7 amide bonds. The van der Waals surface area contributed by atoms with E-state index >= 15 is 0 Å². The maximum Gasteiger partial charge on any atom is 0.326 e. The number of anilines is 1. The van der Waals surface area contributed by atoms with Gasteiger partial charge in [-0.1, -0.05) is 103 Å². The number of carboxylic acids is 3. The van der Waals surface area contributed by atoms with Crippen LogP contribution in [0.15, 0.2) is 35.1 Å². The number of unbranched alkanes of at least 4 members (excludes halogenated alkanes) is 15. The quantitative estimate of drug-likeness (QED) is 0.0359. The second kappa shape index (κ2) is 43.4. The lowest BCUT2D eigenvalue weighted by Crippen LogP contribution is -2.65.